The summed E-state index contributed by atoms with van der Waals surface area (Å²) in [5.41, 5.74) is 1.37. The molecule has 1 aliphatic rings. The number of benzene rings is 2. The van der Waals surface area contributed by atoms with Gasteiger partial charge < -0.3 is 14.2 Å². The van der Waals surface area contributed by atoms with Crippen LogP contribution in [0.1, 0.15) is 56.5 Å². The van der Waals surface area contributed by atoms with Crippen LogP contribution < -0.4 is 9.64 Å². The normalized spacial score (nSPS) is 15.4. The largest absolute Gasteiger partial charge is 0.497 e. The lowest BCUT2D eigenvalue weighted by Crippen LogP contribution is -2.45. The molecule has 188 valence electrons. The maximum absolute atomic E-state index is 13.5. The minimum Gasteiger partial charge on any atom is -0.497 e. The van der Waals surface area contributed by atoms with E-state index in [9.17, 15) is 14.4 Å². The molecule has 0 bridgehead atoms. The Kier molecular flexibility index (Phi) is 8.83. The number of methoxy groups -OCH3 is 1. The van der Waals surface area contributed by atoms with Gasteiger partial charge in [-0.05, 0) is 82.9 Å². The summed E-state index contributed by atoms with van der Waals surface area (Å²) in [5.74, 6) is -0.318. The van der Waals surface area contributed by atoms with Crippen molar-refractivity contribution in [3.05, 3.63) is 53.6 Å². The highest BCUT2D eigenvalue weighted by Gasteiger charge is 2.35. The van der Waals surface area contributed by atoms with Crippen LogP contribution in [0, 0.1) is 0 Å². The Morgan fingerprint density at radius 1 is 1.09 bits per heavy atom. The van der Waals surface area contributed by atoms with Crippen LogP contribution in [0.5, 0.6) is 5.75 Å². The second-order valence-corrected chi connectivity index (χ2v) is 10.5. The van der Waals surface area contributed by atoms with Crippen LogP contribution in [-0.4, -0.2) is 49.0 Å². The van der Waals surface area contributed by atoms with Gasteiger partial charge in [-0.15, -0.1) is 11.8 Å². The van der Waals surface area contributed by atoms with Gasteiger partial charge in [0.25, 0.3) is 0 Å². The van der Waals surface area contributed by atoms with Crippen molar-refractivity contribution in [1.29, 1.82) is 0 Å². The molecule has 1 amide bonds. The monoisotopic (exact) mass is 499 g/mol. The van der Waals surface area contributed by atoms with Gasteiger partial charge in [0, 0.05) is 4.90 Å². The van der Waals surface area contributed by atoms with Gasteiger partial charge in [0.2, 0.25) is 5.91 Å². The lowest BCUT2D eigenvalue weighted by Gasteiger charge is -2.34. The van der Waals surface area contributed by atoms with Crippen molar-refractivity contribution in [1.82, 2.24) is 0 Å². The Morgan fingerprint density at radius 2 is 1.80 bits per heavy atom. The summed E-state index contributed by atoms with van der Waals surface area (Å²) in [5, 5.41) is -0.336. The van der Waals surface area contributed by atoms with E-state index >= 15 is 0 Å². The van der Waals surface area contributed by atoms with E-state index in [0.29, 0.717) is 17.7 Å². The standard InChI is InChI=1S/C27H33NO6S/c1-6-33-26(31)19-12-15-22-21(16-19)28(17-24(29)34-27(2,3)4)25(30)23(35-22)9-7-8-18-10-13-20(32-5)14-11-18/h10-16,23H,6-9,17H2,1-5H3. The number of hydrogen-bond donors (Lipinski definition) is 0. The number of esters is 2. The highest BCUT2D eigenvalue weighted by atomic mass is 32.2. The number of anilines is 1. The first kappa shape index (κ1) is 26.6. The first-order chi connectivity index (χ1) is 16.6. The SMILES string of the molecule is CCOC(=O)c1ccc2c(c1)N(CC(=O)OC(C)(C)C)C(=O)C(CCCc1ccc(OC)cc1)S2. The van der Waals surface area contributed by atoms with Gasteiger partial charge in [0.1, 0.15) is 17.9 Å². The van der Waals surface area contributed by atoms with Crippen molar-refractivity contribution < 1.29 is 28.6 Å². The van der Waals surface area contributed by atoms with Crippen LogP contribution in [-0.2, 0) is 25.5 Å². The predicted molar refractivity (Wildman–Crippen MR) is 136 cm³/mol. The van der Waals surface area contributed by atoms with Crippen molar-refractivity contribution in [3.63, 3.8) is 0 Å². The zero-order valence-corrected chi connectivity index (χ0v) is 21.8. The van der Waals surface area contributed by atoms with E-state index in [1.165, 1.54) is 22.2 Å². The summed E-state index contributed by atoms with van der Waals surface area (Å²) < 4.78 is 15.8. The zero-order chi connectivity index (χ0) is 25.6. The van der Waals surface area contributed by atoms with Crippen LogP contribution in [0.4, 0.5) is 5.69 Å². The number of hydrogen-bond acceptors (Lipinski definition) is 7. The fraction of sp³-hybridized carbons (Fsp3) is 0.444. The number of rotatable bonds is 9. The molecule has 1 atom stereocenters. The quantitative estimate of drug-likeness (QED) is 0.447. The molecule has 0 N–H and O–H groups in total. The van der Waals surface area contributed by atoms with Crippen LogP contribution >= 0.6 is 11.8 Å². The van der Waals surface area contributed by atoms with Gasteiger partial charge in [-0.2, -0.15) is 0 Å². The van der Waals surface area contributed by atoms with E-state index < -0.39 is 17.5 Å². The molecular formula is C27H33NO6S. The summed E-state index contributed by atoms with van der Waals surface area (Å²) in [6.45, 7) is 7.13. The van der Waals surface area contributed by atoms with Crippen LogP contribution in [0.15, 0.2) is 47.4 Å². The molecule has 8 heteroatoms. The maximum Gasteiger partial charge on any atom is 0.338 e. The molecule has 2 aromatic rings. The topological polar surface area (TPSA) is 82.1 Å². The van der Waals surface area contributed by atoms with E-state index in [0.717, 1.165) is 23.5 Å². The molecule has 3 rings (SSSR count). The number of carbonyl (C=O) groups is 3. The van der Waals surface area contributed by atoms with Gasteiger partial charge in [0.15, 0.2) is 0 Å². The summed E-state index contributed by atoms with van der Waals surface area (Å²) >= 11 is 1.47. The van der Waals surface area contributed by atoms with Gasteiger partial charge in [0.05, 0.1) is 30.2 Å². The molecule has 35 heavy (non-hydrogen) atoms. The fourth-order valence-corrected chi connectivity index (χ4v) is 5.05. The van der Waals surface area contributed by atoms with E-state index in [4.69, 9.17) is 14.2 Å². The number of nitrogens with zero attached hydrogens (tertiary/aromatic N) is 1. The molecular weight excluding hydrogens is 466 g/mol. The third kappa shape index (κ3) is 7.24. The van der Waals surface area contributed by atoms with Crippen LogP contribution in [0.2, 0.25) is 0 Å². The Morgan fingerprint density at radius 3 is 2.43 bits per heavy atom. The molecule has 1 aliphatic heterocycles. The lowest BCUT2D eigenvalue weighted by atomic mass is 10.1. The Labute approximate surface area is 211 Å². The van der Waals surface area contributed by atoms with E-state index in [1.807, 2.05) is 30.3 Å². The zero-order valence-electron chi connectivity index (χ0n) is 21.0. The minimum atomic E-state index is -0.669. The molecule has 0 spiro atoms. The lowest BCUT2D eigenvalue weighted by molar-refractivity contribution is -0.153. The van der Waals surface area contributed by atoms with Crippen LogP contribution in [0.25, 0.3) is 0 Å². The van der Waals surface area contributed by atoms with Gasteiger partial charge in [-0.1, -0.05) is 12.1 Å². The highest BCUT2D eigenvalue weighted by Crippen LogP contribution is 2.41. The number of aryl methyl sites for hydroxylation is 1. The second-order valence-electron chi connectivity index (χ2n) is 9.26. The van der Waals surface area contributed by atoms with Crippen LogP contribution in [0.3, 0.4) is 0 Å². The van der Waals surface area contributed by atoms with Gasteiger partial charge in [-0.3, -0.25) is 14.5 Å². The number of fused-ring (bicyclic) bond motifs is 1. The fourth-order valence-electron chi connectivity index (χ4n) is 3.80. The Bertz CT molecular complexity index is 1060. The summed E-state index contributed by atoms with van der Waals surface area (Å²) in [6.07, 6.45) is 2.29. The number of carbonyl (C=O) groups excluding carboxylic acids is 3. The molecule has 0 aliphatic carbocycles. The van der Waals surface area contributed by atoms with Crippen molar-refractivity contribution in [2.75, 3.05) is 25.2 Å². The molecule has 1 unspecified atom stereocenters. The summed E-state index contributed by atoms with van der Waals surface area (Å²) in [4.78, 5) is 40.7. The Hall–Kier alpha value is -3.00. The third-order valence-electron chi connectivity index (χ3n) is 5.37. The molecule has 2 aromatic carbocycles. The predicted octanol–water partition coefficient (Wildman–Crippen LogP) is 5.04. The van der Waals surface area contributed by atoms with Gasteiger partial charge in [-0.25, -0.2) is 4.79 Å². The molecule has 0 saturated heterocycles. The van der Waals surface area contributed by atoms with E-state index in [2.05, 4.69) is 0 Å². The maximum atomic E-state index is 13.5. The van der Waals surface area contributed by atoms with Crippen molar-refractivity contribution in [3.8, 4) is 5.75 Å². The number of thioether (sulfide) groups is 1. The molecule has 0 aromatic heterocycles. The molecule has 0 radical (unpaired) electrons. The Balaban J connectivity index is 1.79. The first-order valence-electron chi connectivity index (χ1n) is 11.7. The molecule has 0 fully saturated rings. The molecule has 0 saturated carbocycles. The minimum absolute atomic E-state index is 0.163. The smallest absolute Gasteiger partial charge is 0.338 e. The van der Waals surface area contributed by atoms with Gasteiger partial charge >= 0.3 is 11.9 Å². The molecule has 1 heterocycles. The average Bonchev–Trinajstić information content (AvgIpc) is 2.80. The van der Waals surface area contributed by atoms with Crippen molar-refractivity contribution in [2.24, 2.45) is 0 Å². The second kappa shape index (κ2) is 11.6. The third-order valence-corrected chi connectivity index (χ3v) is 6.69. The van der Waals surface area contributed by atoms with Crippen molar-refractivity contribution in [2.45, 2.75) is 62.7 Å². The van der Waals surface area contributed by atoms with E-state index in [1.54, 1.807) is 46.9 Å². The van der Waals surface area contributed by atoms with Crippen molar-refractivity contribution >= 4 is 35.3 Å². The summed E-state index contributed by atoms with van der Waals surface area (Å²) in [7, 11) is 1.64. The number of ether oxygens (including phenoxy) is 3. The highest BCUT2D eigenvalue weighted by molar-refractivity contribution is 8.01. The van der Waals surface area contributed by atoms with E-state index in [-0.39, 0.29) is 24.3 Å². The number of amides is 1. The summed E-state index contributed by atoms with van der Waals surface area (Å²) in [6, 6.07) is 13.0. The first-order valence-corrected chi connectivity index (χ1v) is 12.6. The molecule has 7 nitrogen and oxygen atoms in total. The average molecular weight is 500 g/mol.